The number of benzene rings is 2. The average molecular weight is 565 g/mol. The van der Waals surface area contributed by atoms with E-state index < -0.39 is 5.60 Å². The molecule has 7 rings (SSSR count). The topological polar surface area (TPSA) is 90.6 Å². The molecule has 42 heavy (non-hydrogen) atoms. The molecule has 3 aliphatic rings. The predicted octanol–water partition coefficient (Wildman–Crippen LogP) is 5.70. The molecule has 4 atom stereocenters. The third-order valence-corrected chi connectivity index (χ3v) is 9.37. The van der Waals surface area contributed by atoms with Crippen LogP contribution in [0, 0.1) is 6.92 Å². The lowest BCUT2D eigenvalue weighted by atomic mass is 9.81. The molecule has 2 aromatic carbocycles. The minimum atomic E-state index is -0.882. The van der Waals surface area contributed by atoms with Crippen LogP contribution < -0.4 is 15.1 Å². The van der Waals surface area contributed by atoms with Crippen molar-refractivity contribution in [1.82, 2.24) is 20.4 Å². The molecule has 0 amide bonds. The number of hydrogen-bond acceptors (Lipinski definition) is 8. The molecule has 0 radical (unpaired) electrons. The molecule has 218 valence electrons. The number of piperazine rings is 1. The SMILES string of the molecule is Cc1noc(-c2ccc(N3CCC4C(C3)NC3CCCCC3N4c3cc(-c4cccc(C(C)(C)O)c4)ccn3)cc2)n1. The number of pyridine rings is 1. The lowest BCUT2D eigenvalue weighted by Crippen LogP contribution is -2.72. The number of hydrogen-bond donors (Lipinski definition) is 2. The molecule has 2 N–H and O–H groups in total. The molecule has 1 saturated carbocycles. The predicted molar refractivity (Wildman–Crippen MR) is 165 cm³/mol. The molecule has 8 heteroatoms. The zero-order chi connectivity index (χ0) is 28.8. The Balaban J connectivity index is 1.16. The second-order valence-corrected chi connectivity index (χ2v) is 12.7. The normalized spacial score (nSPS) is 24.3. The second-order valence-electron chi connectivity index (χ2n) is 12.7. The van der Waals surface area contributed by atoms with Gasteiger partial charge in [0, 0.05) is 54.7 Å². The van der Waals surface area contributed by atoms with Gasteiger partial charge in [0.25, 0.3) is 5.89 Å². The van der Waals surface area contributed by atoms with Gasteiger partial charge in [-0.25, -0.2) is 4.98 Å². The summed E-state index contributed by atoms with van der Waals surface area (Å²) >= 11 is 0. The van der Waals surface area contributed by atoms with Gasteiger partial charge >= 0.3 is 0 Å². The molecule has 3 fully saturated rings. The minimum absolute atomic E-state index is 0.348. The van der Waals surface area contributed by atoms with E-state index in [1.165, 1.54) is 31.4 Å². The molecule has 8 nitrogen and oxygen atoms in total. The summed E-state index contributed by atoms with van der Waals surface area (Å²) in [5, 5.41) is 18.6. The fraction of sp³-hybridized carbons (Fsp3) is 0.441. The number of rotatable bonds is 5. The van der Waals surface area contributed by atoms with Gasteiger partial charge in [-0.1, -0.05) is 36.2 Å². The van der Waals surface area contributed by atoms with Crippen LogP contribution in [0.25, 0.3) is 22.6 Å². The number of aromatic nitrogens is 3. The fourth-order valence-electron chi connectivity index (χ4n) is 7.22. The summed E-state index contributed by atoms with van der Waals surface area (Å²) in [6, 6.07) is 22.8. The zero-order valence-corrected chi connectivity index (χ0v) is 24.7. The first kappa shape index (κ1) is 27.1. The highest BCUT2D eigenvalue weighted by atomic mass is 16.5. The van der Waals surface area contributed by atoms with E-state index in [1.807, 2.05) is 39.1 Å². The van der Waals surface area contributed by atoms with Crippen LogP contribution in [0.1, 0.15) is 57.3 Å². The van der Waals surface area contributed by atoms with Crippen molar-refractivity contribution in [3.05, 3.63) is 78.2 Å². The first-order chi connectivity index (χ1) is 20.3. The number of nitrogens with zero attached hydrogens (tertiary/aromatic N) is 5. The van der Waals surface area contributed by atoms with Crippen molar-refractivity contribution in [1.29, 1.82) is 0 Å². The largest absolute Gasteiger partial charge is 0.386 e. The molecule has 4 unspecified atom stereocenters. The first-order valence-electron chi connectivity index (χ1n) is 15.3. The number of aliphatic hydroxyl groups is 1. The maximum Gasteiger partial charge on any atom is 0.257 e. The van der Waals surface area contributed by atoms with E-state index in [4.69, 9.17) is 9.51 Å². The van der Waals surface area contributed by atoms with Gasteiger partial charge in [-0.05, 0) is 99.2 Å². The number of anilines is 2. The molecule has 0 spiro atoms. The highest BCUT2D eigenvalue weighted by Gasteiger charge is 2.46. The summed E-state index contributed by atoms with van der Waals surface area (Å²) in [5.74, 6) is 2.28. The van der Waals surface area contributed by atoms with Crippen LogP contribution in [0.15, 0.2) is 71.4 Å². The van der Waals surface area contributed by atoms with E-state index in [0.717, 1.165) is 47.6 Å². The summed E-state index contributed by atoms with van der Waals surface area (Å²) in [6.07, 6.45) is 7.96. The number of piperidine rings is 1. The summed E-state index contributed by atoms with van der Waals surface area (Å²) in [4.78, 5) is 14.5. The Morgan fingerprint density at radius 1 is 0.905 bits per heavy atom. The number of nitrogens with one attached hydrogen (secondary N) is 1. The van der Waals surface area contributed by atoms with Gasteiger partial charge in [-0.3, -0.25) is 0 Å². The van der Waals surface area contributed by atoms with Gasteiger partial charge < -0.3 is 24.7 Å². The van der Waals surface area contributed by atoms with Gasteiger partial charge in [0.2, 0.25) is 0 Å². The Kier molecular flexibility index (Phi) is 6.98. The van der Waals surface area contributed by atoms with Crippen LogP contribution in [0.4, 0.5) is 11.5 Å². The maximum absolute atomic E-state index is 10.6. The van der Waals surface area contributed by atoms with Crippen LogP contribution >= 0.6 is 0 Å². The van der Waals surface area contributed by atoms with Gasteiger partial charge in [-0.15, -0.1) is 0 Å². The number of fused-ring (bicyclic) bond motifs is 2. The van der Waals surface area contributed by atoms with E-state index in [9.17, 15) is 5.11 Å². The van der Waals surface area contributed by atoms with E-state index >= 15 is 0 Å². The van der Waals surface area contributed by atoms with E-state index in [0.29, 0.717) is 35.9 Å². The second kappa shape index (κ2) is 10.8. The number of aryl methyl sites for hydroxylation is 1. The van der Waals surface area contributed by atoms with Crippen LogP contribution in [0.3, 0.4) is 0 Å². The third kappa shape index (κ3) is 5.18. The molecular formula is C34H40N6O2. The molecule has 0 bridgehead atoms. The summed E-state index contributed by atoms with van der Waals surface area (Å²) < 4.78 is 5.36. The summed E-state index contributed by atoms with van der Waals surface area (Å²) in [5.41, 5.74) is 4.45. The summed E-state index contributed by atoms with van der Waals surface area (Å²) in [7, 11) is 0. The molecule has 2 aliphatic heterocycles. The van der Waals surface area contributed by atoms with Gasteiger partial charge in [0.15, 0.2) is 5.82 Å². The van der Waals surface area contributed by atoms with Crippen molar-refractivity contribution in [3.63, 3.8) is 0 Å². The Hall–Kier alpha value is -3.75. The van der Waals surface area contributed by atoms with Crippen molar-refractivity contribution < 1.29 is 9.63 Å². The molecule has 2 saturated heterocycles. The molecular weight excluding hydrogens is 524 g/mol. The van der Waals surface area contributed by atoms with Crippen molar-refractivity contribution in [2.75, 3.05) is 22.9 Å². The Morgan fingerprint density at radius 2 is 1.69 bits per heavy atom. The van der Waals surface area contributed by atoms with Crippen molar-refractivity contribution in [3.8, 4) is 22.6 Å². The highest BCUT2D eigenvalue weighted by Crippen LogP contribution is 2.38. The summed E-state index contributed by atoms with van der Waals surface area (Å²) in [6.45, 7) is 7.46. The highest BCUT2D eigenvalue weighted by molar-refractivity contribution is 5.68. The smallest absolute Gasteiger partial charge is 0.257 e. The standard InChI is InChI=1S/C34H40N6O2/c1-22-36-33(42-38-22)23-11-13-27(14-12-23)39-18-16-31-29(21-39)37-28-9-4-5-10-30(28)40(31)32-20-25(15-17-35-32)24-7-6-8-26(19-24)34(2,3)41/h6-8,11-15,17,19-20,28-31,37,41H,4-5,9-10,16,18,21H2,1-3H3. The minimum Gasteiger partial charge on any atom is -0.386 e. The van der Waals surface area contributed by atoms with Gasteiger partial charge in [-0.2, -0.15) is 4.98 Å². The Bertz CT molecular complexity index is 1540. The monoisotopic (exact) mass is 564 g/mol. The van der Waals surface area contributed by atoms with Crippen LogP contribution in [0.5, 0.6) is 0 Å². The Labute approximate surface area is 247 Å². The van der Waals surface area contributed by atoms with Crippen LogP contribution in [-0.4, -0.2) is 57.5 Å². The zero-order valence-electron chi connectivity index (χ0n) is 24.7. The molecule has 4 aromatic rings. The van der Waals surface area contributed by atoms with Crippen molar-refractivity contribution >= 4 is 11.5 Å². The lowest BCUT2D eigenvalue weighted by Gasteiger charge is -2.56. The van der Waals surface area contributed by atoms with Crippen LogP contribution in [0.2, 0.25) is 0 Å². The van der Waals surface area contributed by atoms with Crippen LogP contribution in [-0.2, 0) is 5.60 Å². The van der Waals surface area contributed by atoms with Crippen molar-refractivity contribution in [2.45, 2.75) is 82.6 Å². The van der Waals surface area contributed by atoms with Gasteiger partial charge in [0.05, 0.1) is 5.60 Å². The van der Waals surface area contributed by atoms with E-state index in [1.54, 1.807) is 0 Å². The maximum atomic E-state index is 10.6. The quantitative estimate of drug-likeness (QED) is 0.319. The van der Waals surface area contributed by atoms with E-state index in [2.05, 4.69) is 73.8 Å². The average Bonchev–Trinajstić information content (AvgIpc) is 3.45. The lowest BCUT2D eigenvalue weighted by molar-refractivity contribution is 0.0786. The Morgan fingerprint density at radius 3 is 2.48 bits per heavy atom. The van der Waals surface area contributed by atoms with Gasteiger partial charge in [0.1, 0.15) is 5.82 Å². The van der Waals surface area contributed by atoms with Crippen molar-refractivity contribution in [2.24, 2.45) is 0 Å². The third-order valence-electron chi connectivity index (χ3n) is 9.37. The van der Waals surface area contributed by atoms with E-state index in [-0.39, 0.29) is 0 Å². The first-order valence-corrected chi connectivity index (χ1v) is 15.3. The molecule has 1 aliphatic carbocycles. The molecule has 2 aromatic heterocycles. The fourth-order valence-corrected chi connectivity index (χ4v) is 7.22. The molecule has 4 heterocycles.